The standard InChI is InChI=1S/Li.Na.H3O4P.H2O.2H/c;;1-5(2,3)4;;;/h;;(H3,1,2,3,4);1H2;;. The van der Waals surface area contributed by atoms with E-state index in [0.29, 0.717) is 0 Å². The van der Waals surface area contributed by atoms with Gasteiger partial charge in [0.1, 0.15) is 0 Å². The Morgan fingerprint density at radius 3 is 1.12 bits per heavy atom. The summed E-state index contributed by atoms with van der Waals surface area (Å²) in [6.07, 6.45) is 0. The first-order chi connectivity index (χ1) is 2.00. The van der Waals surface area contributed by atoms with Gasteiger partial charge < -0.3 is 20.2 Å². The average molecular weight is 148 g/mol. The Morgan fingerprint density at radius 1 is 1.12 bits per heavy atom. The Morgan fingerprint density at radius 2 is 1.12 bits per heavy atom. The van der Waals surface area contributed by atoms with Gasteiger partial charge in [-0.05, 0) is 0 Å². The van der Waals surface area contributed by atoms with E-state index in [1.54, 1.807) is 0 Å². The molecule has 0 spiro atoms. The van der Waals surface area contributed by atoms with Crippen LogP contribution in [0.4, 0.5) is 0 Å². The van der Waals surface area contributed by atoms with Crippen LogP contribution < -0.4 is 0 Å². The van der Waals surface area contributed by atoms with Gasteiger partial charge in [-0.2, -0.15) is 0 Å². The van der Waals surface area contributed by atoms with Gasteiger partial charge in [0.2, 0.25) is 0 Å². The second-order valence-electron chi connectivity index (χ2n) is 0.513. The van der Waals surface area contributed by atoms with E-state index in [2.05, 4.69) is 0 Å². The Bertz CT molecular complexity index is 58.6. The quantitative estimate of drug-likeness (QED) is 0.250. The molecule has 0 aliphatic rings. The molecule has 0 saturated carbocycles. The molecule has 0 aromatic rings. The van der Waals surface area contributed by atoms with E-state index < -0.39 is 7.82 Å². The first-order valence-corrected chi connectivity index (χ1v) is 2.35. The molecule has 8 heavy (non-hydrogen) atoms. The van der Waals surface area contributed by atoms with Crippen LogP contribution in [0.1, 0.15) is 0 Å². The summed E-state index contributed by atoms with van der Waals surface area (Å²) < 4.78 is 8.88. The number of hydrogen-bond donors (Lipinski definition) is 3. The van der Waals surface area contributed by atoms with Gasteiger partial charge in [-0.3, -0.25) is 0 Å². The van der Waals surface area contributed by atoms with Crippen LogP contribution in [0, 0.1) is 0 Å². The van der Waals surface area contributed by atoms with Gasteiger partial charge in [-0.15, -0.1) is 0 Å². The van der Waals surface area contributed by atoms with Crippen molar-refractivity contribution >= 4 is 56.2 Å². The molecular formula is H7LiNaO5P. The summed E-state index contributed by atoms with van der Waals surface area (Å²) in [5, 5.41) is 0. The summed E-state index contributed by atoms with van der Waals surface area (Å²) in [6.45, 7) is 0. The van der Waals surface area contributed by atoms with E-state index in [1.165, 1.54) is 0 Å². The molecule has 0 saturated heterocycles. The minimum atomic E-state index is -4.64. The summed E-state index contributed by atoms with van der Waals surface area (Å²) in [5.74, 6) is 0. The topological polar surface area (TPSA) is 109 Å². The molecule has 0 radical (unpaired) electrons. The molecule has 0 bridgehead atoms. The third kappa shape index (κ3) is 123. The van der Waals surface area contributed by atoms with E-state index in [9.17, 15) is 0 Å². The molecule has 0 fully saturated rings. The second kappa shape index (κ2) is 8.67. The fraction of sp³-hybridized carbons (Fsp3) is 0. The fourth-order valence-corrected chi connectivity index (χ4v) is 0. The van der Waals surface area contributed by atoms with Gasteiger partial charge in [-0.1, -0.05) is 0 Å². The van der Waals surface area contributed by atoms with Crippen molar-refractivity contribution in [2.45, 2.75) is 0 Å². The van der Waals surface area contributed by atoms with E-state index in [0.717, 1.165) is 0 Å². The van der Waals surface area contributed by atoms with Crippen molar-refractivity contribution in [2.24, 2.45) is 0 Å². The van der Waals surface area contributed by atoms with Crippen LogP contribution in [-0.2, 0) is 4.57 Å². The maximum absolute atomic E-state index is 8.88. The normalized spacial score (nSPS) is 7.38. The van der Waals surface area contributed by atoms with Crippen molar-refractivity contribution in [1.29, 1.82) is 0 Å². The van der Waals surface area contributed by atoms with Gasteiger partial charge in [-0.25, -0.2) is 4.57 Å². The van der Waals surface area contributed by atoms with Crippen molar-refractivity contribution in [3.63, 3.8) is 0 Å². The van der Waals surface area contributed by atoms with Crippen molar-refractivity contribution in [2.75, 3.05) is 0 Å². The summed E-state index contributed by atoms with van der Waals surface area (Å²) in [5.41, 5.74) is 0. The molecule has 0 heterocycles. The van der Waals surface area contributed by atoms with Crippen LogP contribution in [0.3, 0.4) is 0 Å². The third-order valence-corrected chi connectivity index (χ3v) is 0. The number of phosphoric acid groups is 1. The molecular weight excluding hydrogens is 141 g/mol. The number of hydrogen-bond acceptors (Lipinski definition) is 1. The molecule has 0 atom stereocenters. The Balaban J connectivity index is -0.0000000267. The van der Waals surface area contributed by atoms with E-state index >= 15 is 0 Å². The molecule has 44 valence electrons. The Hall–Kier alpha value is 1.67. The SMILES string of the molecule is O.O=P(O)(O)O.[LiH].[NaH]. The summed E-state index contributed by atoms with van der Waals surface area (Å²) >= 11 is 0. The predicted molar refractivity (Wildman–Crippen MR) is 32.2 cm³/mol. The first kappa shape index (κ1) is 22.6. The Labute approximate surface area is 80.5 Å². The zero-order chi connectivity index (χ0) is 4.50. The summed E-state index contributed by atoms with van der Waals surface area (Å²) in [7, 11) is -4.64. The molecule has 0 aliphatic heterocycles. The molecule has 5 nitrogen and oxygen atoms in total. The molecule has 0 aromatic carbocycles. The zero-order valence-electron chi connectivity index (χ0n) is 2.70. The molecule has 0 rings (SSSR count). The van der Waals surface area contributed by atoms with E-state index in [4.69, 9.17) is 19.2 Å². The van der Waals surface area contributed by atoms with Crippen LogP contribution in [0.2, 0.25) is 0 Å². The zero-order valence-corrected chi connectivity index (χ0v) is 3.59. The summed E-state index contributed by atoms with van der Waals surface area (Å²) in [6, 6.07) is 0. The van der Waals surface area contributed by atoms with Crippen LogP contribution in [0.5, 0.6) is 0 Å². The second-order valence-corrected chi connectivity index (χ2v) is 1.54. The van der Waals surface area contributed by atoms with Crippen LogP contribution in [0.25, 0.3) is 0 Å². The van der Waals surface area contributed by atoms with Crippen LogP contribution in [0.15, 0.2) is 0 Å². The molecule has 0 amide bonds. The average Bonchev–Trinajstić information content (AvgIpc) is 0.722. The van der Waals surface area contributed by atoms with Crippen LogP contribution >= 0.6 is 7.82 Å². The monoisotopic (exact) mass is 148 g/mol. The van der Waals surface area contributed by atoms with Crippen molar-refractivity contribution < 1.29 is 24.7 Å². The van der Waals surface area contributed by atoms with E-state index in [1.807, 2.05) is 0 Å². The molecule has 5 N–H and O–H groups in total. The summed E-state index contributed by atoms with van der Waals surface area (Å²) in [4.78, 5) is 21.6. The first-order valence-electron chi connectivity index (χ1n) is 0.783. The molecule has 8 heteroatoms. The molecule has 0 aromatic heterocycles. The minimum absolute atomic E-state index is 0. The number of rotatable bonds is 0. The van der Waals surface area contributed by atoms with Crippen molar-refractivity contribution in [3.05, 3.63) is 0 Å². The van der Waals surface area contributed by atoms with E-state index in [-0.39, 0.29) is 53.9 Å². The molecule has 0 aliphatic carbocycles. The van der Waals surface area contributed by atoms with Crippen LogP contribution in [-0.4, -0.2) is 68.6 Å². The maximum atomic E-state index is 8.88. The Kier molecular flexibility index (Phi) is 24.5. The molecule has 0 unspecified atom stereocenters. The van der Waals surface area contributed by atoms with Gasteiger partial charge in [0.05, 0.1) is 0 Å². The van der Waals surface area contributed by atoms with Gasteiger partial charge >= 0.3 is 56.2 Å². The van der Waals surface area contributed by atoms with Gasteiger partial charge in [0, 0.05) is 0 Å². The predicted octanol–water partition coefficient (Wildman–Crippen LogP) is -3.05. The van der Waals surface area contributed by atoms with Crippen molar-refractivity contribution in [1.82, 2.24) is 0 Å². The van der Waals surface area contributed by atoms with Gasteiger partial charge in [0.25, 0.3) is 0 Å². The third-order valence-electron chi connectivity index (χ3n) is 0. The van der Waals surface area contributed by atoms with Crippen molar-refractivity contribution in [3.8, 4) is 0 Å². The van der Waals surface area contributed by atoms with Gasteiger partial charge in [0.15, 0.2) is 0 Å². The fourth-order valence-electron chi connectivity index (χ4n) is 0.